The fourth-order valence-electron chi connectivity index (χ4n) is 0.796. The van der Waals surface area contributed by atoms with Crippen molar-refractivity contribution in [2.75, 3.05) is 12.8 Å². The van der Waals surface area contributed by atoms with Gasteiger partial charge in [0.25, 0.3) is 5.56 Å². The normalized spacial score (nSPS) is 9.91. The Bertz CT molecular complexity index is 293. The molecule has 1 rings (SSSR count). The van der Waals surface area contributed by atoms with Crippen LogP contribution < -0.4 is 11.3 Å². The lowest BCUT2D eigenvalue weighted by Gasteiger charge is -2.02. The topological polar surface area (TPSA) is 57.2 Å². The highest BCUT2D eigenvalue weighted by Gasteiger charge is 1.96. The summed E-state index contributed by atoms with van der Waals surface area (Å²) in [7, 11) is 1.52. The van der Waals surface area contributed by atoms with Crippen molar-refractivity contribution in [3.8, 4) is 0 Å². The Morgan fingerprint density at radius 3 is 3.09 bits per heavy atom. The molecular weight excluding hydrogens is 144 g/mol. The van der Waals surface area contributed by atoms with Crippen molar-refractivity contribution in [2.24, 2.45) is 0 Å². The van der Waals surface area contributed by atoms with Crippen LogP contribution in [0.4, 0.5) is 5.69 Å². The zero-order chi connectivity index (χ0) is 8.27. The molecule has 0 aromatic carbocycles. The number of hydrogen-bond acceptors (Lipinski definition) is 3. The molecule has 0 atom stereocenters. The van der Waals surface area contributed by atoms with Crippen molar-refractivity contribution < 1.29 is 4.74 Å². The molecule has 11 heavy (non-hydrogen) atoms. The Labute approximate surface area is 64.2 Å². The Morgan fingerprint density at radius 1 is 1.73 bits per heavy atom. The van der Waals surface area contributed by atoms with Gasteiger partial charge in [-0.3, -0.25) is 9.36 Å². The summed E-state index contributed by atoms with van der Waals surface area (Å²) in [6.07, 6.45) is 1.63. The number of anilines is 1. The number of nitrogen functional groups attached to an aromatic ring is 1. The summed E-state index contributed by atoms with van der Waals surface area (Å²) in [5, 5.41) is 0. The number of nitrogens with two attached hydrogens (primary N) is 1. The first-order chi connectivity index (χ1) is 5.25. The number of hydrogen-bond donors (Lipinski definition) is 1. The van der Waals surface area contributed by atoms with E-state index in [-0.39, 0.29) is 18.0 Å². The van der Waals surface area contributed by atoms with Crippen molar-refractivity contribution >= 4 is 5.69 Å². The van der Waals surface area contributed by atoms with Gasteiger partial charge in [0.2, 0.25) is 0 Å². The van der Waals surface area contributed by atoms with Crippen molar-refractivity contribution in [1.82, 2.24) is 4.57 Å². The second-order valence-corrected chi connectivity index (χ2v) is 2.16. The van der Waals surface area contributed by atoms with Gasteiger partial charge in [-0.25, -0.2) is 0 Å². The van der Waals surface area contributed by atoms with E-state index in [2.05, 4.69) is 0 Å². The Hall–Kier alpha value is -1.29. The van der Waals surface area contributed by atoms with Gasteiger partial charge in [-0.15, -0.1) is 0 Å². The van der Waals surface area contributed by atoms with Gasteiger partial charge in [0, 0.05) is 13.3 Å². The van der Waals surface area contributed by atoms with E-state index < -0.39 is 0 Å². The predicted octanol–water partition coefficient (Wildman–Crippen LogP) is 0.0344. The van der Waals surface area contributed by atoms with Gasteiger partial charge >= 0.3 is 0 Å². The van der Waals surface area contributed by atoms with Crippen molar-refractivity contribution in [1.29, 1.82) is 0 Å². The molecule has 0 saturated heterocycles. The minimum absolute atomic E-state index is 0.214. The molecule has 0 bridgehead atoms. The second-order valence-electron chi connectivity index (χ2n) is 2.16. The largest absolute Gasteiger partial charge is 0.394 e. The van der Waals surface area contributed by atoms with Crippen LogP contribution in [0.1, 0.15) is 0 Å². The molecule has 1 heterocycles. The predicted molar refractivity (Wildman–Crippen MR) is 42.1 cm³/mol. The Kier molecular flexibility index (Phi) is 2.28. The van der Waals surface area contributed by atoms with Gasteiger partial charge in [0.15, 0.2) is 0 Å². The smallest absolute Gasteiger partial charge is 0.275 e. The van der Waals surface area contributed by atoms with E-state index in [0.29, 0.717) is 0 Å². The molecule has 0 radical (unpaired) electrons. The van der Waals surface area contributed by atoms with Crippen LogP contribution in [0, 0.1) is 0 Å². The maximum Gasteiger partial charge on any atom is 0.275 e. The lowest BCUT2D eigenvalue weighted by Crippen LogP contribution is -2.22. The van der Waals surface area contributed by atoms with E-state index in [1.54, 1.807) is 18.3 Å². The molecule has 0 aliphatic rings. The van der Waals surface area contributed by atoms with Crippen molar-refractivity contribution in [3.05, 3.63) is 28.7 Å². The van der Waals surface area contributed by atoms with E-state index in [1.165, 1.54) is 11.7 Å². The highest BCUT2D eigenvalue weighted by Crippen LogP contribution is 1.90. The third kappa shape index (κ3) is 1.59. The van der Waals surface area contributed by atoms with Gasteiger partial charge in [0.1, 0.15) is 6.73 Å². The van der Waals surface area contributed by atoms with Gasteiger partial charge < -0.3 is 10.5 Å². The van der Waals surface area contributed by atoms with E-state index >= 15 is 0 Å². The summed E-state index contributed by atoms with van der Waals surface area (Å²) in [4.78, 5) is 11.1. The van der Waals surface area contributed by atoms with Crippen molar-refractivity contribution in [3.63, 3.8) is 0 Å². The molecule has 0 unspecified atom stereocenters. The number of rotatable bonds is 2. The molecular formula is C7H10N2O2. The third-order valence-electron chi connectivity index (χ3n) is 1.32. The Morgan fingerprint density at radius 2 is 2.45 bits per heavy atom. The molecule has 1 aromatic heterocycles. The van der Waals surface area contributed by atoms with Crippen LogP contribution in [0.15, 0.2) is 23.1 Å². The number of ether oxygens (including phenoxy) is 1. The van der Waals surface area contributed by atoms with E-state index in [1.807, 2.05) is 0 Å². The fourth-order valence-corrected chi connectivity index (χ4v) is 0.796. The summed E-state index contributed by atoms with van der Waals surface area (Å²) in [6, 6.07) is 3.27. The molecule has 0 spiro atoms. The zero-order valence-electron chi connectivity index (χ0n) is 6.28. The van der Waals surface area contributed by atoms with Crippen LogP contribution in [0.3, 0.4) is 0 Å². The van der Waals surface area contributed by atoms with Crippen LogP contribution in [0.25, 0.3) is 0 Å². The van der Waals surface area contributed by atoms with Gasteiger partial charge in [-0.1, -0.05) is 0 Å². The first-order valence-corrected chi connectivity index (χ1v) is 3.19. The van der Waals surface area contributed by atoms with Crippen LogP contribution in [-0.4, -0.2) is 11.7 Å². The minimum atomic E-state index is -0.214. The lowest BCUT2D eigenvalue weighted by atomic mass is 10.4. The monoisotopic (exact) mass is 154 g/mol. The number of aromatic nitrogens is 1. The molecule has 0 amide bonds. The molecule has 0 saturated carbocycles. The molecule has 4 nitrogen and oxygen atoms in total. The maximum absolute atomic E-state index is 11.1. The number of nitrogens with zero attached hydrogens (tertiary/aromatic N) is 1. The molecule has 60 valence electrons. The summed E-state index contributed by atoms with van der Waals surface area (Å²) >= 11 is 0. The zero-order valence-corrected chi connectivity index (χ0v) is 6.28. The van der Waals surface area contributed by atoms with Crippen LogP contribution in [0.5, 0.6) is 0 Å². The van der Waals surface area contributed by atoms with E-state index in [9.17, 15) is 4.79 Å². The molecule has 1 aromatic rings. The van der Waals surface area contributed by atoms with Gasteiger partial charge in [-0.05, 0) is 12.1 Å². The highest BCUT2D eigenvalue weighted by atomic mass is 16.5. The fraction of sp³-hybridized carbons (Fsp3) is 0.286. The van der Waals surface area contributed by atoms with Gasteiger partial charge in [-0.2, -0.15) is 0 Å². The first kappa shape index (κ1) is 7.81. The summed E-state index contributed by atoms with van der Waals surface area (Å²) < 4.78 is 6.17. The van der Waals surface area contributed by atoms with Crippen LogP contribution in [0.2, 0.25) is 0 Å². The molecule has 0 fully saturated rings. The van der Waals surface area contributed by atoms with Crippen LogP contribution in [-0.2, 0) is 11.5 Å². The standard InChI is InChI=1S/C7H10N2O2/c1-11-5-9-4-2-3-6(8)7(9)10/h2-4H,5,8H2,1H3. The van der Waals surface area contributed by atoms with Crippen LogP contribution >= 0.6 is 0 Å². The highest BCUT2D eigenvalue weighted by molar-refractivity contribution is 5.33. The molecule has 4 heteroatoms. The summed E-state index contributed by atoms with van der Waals surface area (Å²) in [5.41, 5.74) is 5.39. The SMILES string of the molecule is COCn1cccc(N)c1=O. The maximum atomic E-state index is 11.1. The molecule has 0 aliphatic heterocycles. The van der Waals surface area contributed by atoms with Crippen molar-refractivity contribution in [2.45, 2.75) is 6.73 Å². The first-order valence-electron chi connectivity index (χ1n) is 3.19. The van der Waals surface area contributed by atoms with E-state index in [0.717, 1.165) is 0 Å². The second kappa shape index (κ2) is 3.21. The summed E-state index contributed by atoms with van der Waals surface area (Å²) in [5.74, 6) is 0. The Balaban J connectivity index is 3.07. The average molecular weight is 154 g/mol. The number of methoxy groups -OCH3 is 1. The number of pyridine rings is 1. The quantitative estimate of drug-likeness (QED) is 0.654. The van der Waals surface area contributed by atoms with Gasteiger partial charge in [0.05, 0.1) is 5.69 Å². The molecule has 2 N–H and O–H groups in total. The summed E-state index contributed by atoms with van der Waals surface area (Å²) in [6.45, 7) is 0.240. The lowest BCUT2D eigenvalue weighted by molar-refractivity contribution is 0.128. The minimum Gasteiger partial charge on any atom is -0.394 e. The third-order valence-corrected chi connectivity index (χ3v) is 1.32. The average Bonchev–Trinajstić information content (AvgIpc) is 1.99. The molecule has 0 aliphatic carbocycles. The van der Waals surface area contributed by atoms with E-state index in [4.69, 9.17) is 10.5 Å².